The van der Waals surface area contributed by atoms with Crippen LogP contribution in [-0.2, 0) is 0 Å². The van der Waals surface area contributed by atoms with Crippen molar-refractivity contribution in [1.29, 1.82) is 0 Å². The van der Waals surface area contributed by atoms with Crippen LogP contribution < -0.4 is 9.47 Å². The van der Waals surface area contributed by atoms with Crippen molar-refractivity contribution in [2.45, 2.75) is 6.10 Å². The first-order valence-corrected chi connectivity index (χ1v) is 5.30. The van der Waals surface area contributed by atoms with Crippen LogP contribution in [-0.4, -0.2) is 30.7 Å². The van der Waals surface area contributed by atoms with Gasteiger partial charge in [-0.2, -0.15) is 0 Å². The summed E-state index contributed by atoms with van der Waals surface area (Å²) in [6.07, 6.45) is 0.124. The smallest absolute Gasteiger partial charge is 0.182 e. The molecule has 0 aromatic heterocycles. The zero-order valence-electron chi connectivity index (χ0n) is 8.07. The molecule has 0 radical (unpaired) electrons. The molecule has 1 aromatic carbocycles. The van der Waals surface area contributed by atoms with Crippen LogP contribution in [0.1, 0.15) is 10.4 Å². The Kier molecular flexibility index (Phi) is 3.23. The fourth-order valence-electron chi connectivity index (χ4n) is 1.38. The molecule has 0 amide bonds. The molecule has 6 heteroatoms. The van der Waals surface area contributed by atoms with Crippen molar-refractivity contribution >= 4 is 29.5 Å². The molecule has 0 saturated heterocycles. The summed E-state index contributed by atoms with van der Waals surface area (Å²) in [6.45, 7) is 0.0303. The molecule has 1 aromatic rings. The van der Waals surface area contributed by atoms with Gasteiger partial charge in [0.05, 0.1) is 11.6 Å². The third-order valence-corrected chi connectivity index (χ3v) is 3.06. The highest BCUT2D eigenvalue weighted by molar-refractivity contribution is 6.44. The van der Waals surface area contributed by atoms with Gasteiger partial charge in [0.2, 0.25) is 0 Å². The van der Waals surface area contributed by atoms with Crippen LogP contribution in [0.4, 0.5) is 0 Å². The molecule has 0 aliphatic carbocycles. The Morgan fingerprint density at radius 2 is 2.25 bits per heavy atom. The summed E-state index contributed by atoms with van der Waals surface area (Å²) in [5.41, 5.74) is 0.247. The van der Waals surface area contributed by atoms with Crippen molar-refractivity contribution in [2.24, 2.45) is 0 Å². The van der Waals surface area contributed by atoms with Crippen LogP contribution in [0.25, 0.3) is 0 Å². The van der Waals surface area contributed by atoms with E-state index in [0.717, 1.165) is 0 Å². The maximum Gasteiger partial charge on any atom is 0.182 e. The first kappa shape index (κ1) is 11.5. The van der Waals surface area contributed by atoms with Crippen molar-refractivity contribution in [3.8, 4) is 11.5 Å². The first-order valence-electron chi connectivity index (χ1n) is 4.55. The minimum atomic E-state index is -0.469. The summed E-state index contributed by atoms with van der Waals surface area (Å²) in [4.78, 5) is 10.7. The third kappa shape index (κ3) is 1.84. The second-order valence-electron chi connectivity index (χ2n) is 3.27. The summed E-state index contributed by atoms with van der Waals surface area (Å²) in [6, 6.07) is 1.46. The summed E-state index contributed by atoms with van der Waals surface area (Å²) >= 11 is 11.8. The number of hydrogen-bond donors (Lipinski definition) is 1. The Hall–Kier alpha value is -0.970. The Balaban J connectivity index is 2.48. The van der Waals surface area contributed by atoms with E-state index in [4.69, 9.17) is 37.8 Å². The number of halogens is 2. The summed E-state index contributed by atoms with van der Waals surface area (Å²) in [5, 5.41) is 9.19. The Morgan fingerprint density at radius 3 is 2.88 bits per heavy atom. The second kappa shape index (κ2) is 4.49. The van der Waals surface area contributed by atoms with E-state index in [2.05, 4.69) is 0 Å². The van der Waals surface area contributed by atoms with E-state index < -0.39 is 6.10 Å². The number of rotatable bonds is 2. The van der Waals surface area contributed by atoms with Crippen molar-refractivity contribution in [2.75, 3.05) is 13.2 Å². The molecule has 1 aliphatic rings. The highest BCUT2D eigenvalue weighted by Crippen LogP contribution is 2.44. The van der Waals surface area contributed by atoms with Gasteiger partial charge in [0.1, 0.15) is 11.6 Å². The molecular formula is C10H8Cl2O4. The molecule has 1 aliphatic heterocycles. The quantitative estimate of drug-likeness (QED) is 0.828. The van der Waals surface area contributed by atoms with Crippen LogP contribution in [0.2, 0.25) is 10.0 Å². The summed E-state index contributed by atoms with van der Waals surface area (Å²) in [5.74, 6) is 0.628. The molecule has 1 heterocycles. The molecule has 86 valence electrons. The highest BCUT2D eigenvalue weighted by Gasteiger charge is 2.25. The number of aliphatic hydroxyl groups is 1. The maximum absolute atomic E-state index is 10.7. The van der Waals surface area contributed by atoms with Gasteiger partial charge in [-0.25, -0.2) is 0 Å². The second-order valence-corrected chi connectivity index (χ2v) is 4.03. The topological polar surface area (TPSA) is 55.8 Å². The SMILES string of the molecule is O=Cc1cc2c(c(Cl)c1Cl)OC(CO)CO2. The largest absolute Gasteiger partial charge is 0.486 e. The average Bonchev–Trinajstić information content (AvgIpc) is 2.33. The van der Waals surface area contributed by atoms with Gasteiger partial charge in [-0.1, -0.05) is 23.2 Å². The number of hydrogen-bond acceptors (Lipinski definition) is 4. The van der Waals surface area contributed by atoms with Crippen LogP contribution in [0.15, 0.2) is 6.07 Å². The Labute approximate surface area is 102 Å². The fourth-order valence-corrected chi connectivity index (χ4v) is 1.81. The number of fused-ring (bicyclic) bond motifs is 1. The standard InChI is InChI=1S/C10H8Cl2O4/c11-8-5(2-13)1-7-10(9(8)12)16-6(3-14)4-15-7/h1-2,6,14H,3-4H2. The predicted octanol–water partition coefficient (Wildman–Crippen LogP) is 1.94. The summed E-state index contributed by atoms with van der Waals surface area (Å²) < 4.78 is 10.7. The number of carbonyl (C=O) groups excluding carboxylic acids is 1. The number of aliphatic hydroxyl groups excluding tert-OH is 1. The number of carbonyl (C=O) groups is 1. The van der Waals surface area contributed by atoms with Gasteiger partial charge in [0, 0.05) is 5.56 Å². The minimum absolute atomic E-state index is 0.123. The predicted molar refractivity (Wildman–Crippen MR) is 58.8 cm³/mol. The van der Waals surface area contributed by atoms with E-state index in [1.165, 1.54) is 6.07 Å². The van der Waals surface area contributed by atoms with E-state index >= 15 is 0 Å². The molecule has 16 heavy (non-hydrogen) atoms. The van der Waals surface area contributed by atoms with Crippen molar-refractivity contribution in [3.63, 3.8) is 0 Å². The Morgan fingerprint density at radius 1 is 1.50 bits per heavy atom. The van der Waals surface area contributed by atoms with Gasteiger partial charge in [-0.15, -0.1) is 0 Å². The molecule has 0 saturated carbocycles. The lowest BCUT2D eigenvalue weighted by Crippen LogP contribution is -2.32. The van der Waals surface area contributed by atoms with Crippen LogP contribution in [0.3, 0.4) is 0 Å². The molecule has 1 N–H and O–H groups in total. The zero-order valence-corrected chi connectivity index (χ0v) is 9.59. The number of benzene rings is 1. The Bertz CT molecular complexity index is 433. The average molecular weight is 263 g/mol. The van der Waals surface area contributed by atoms with E-state index in [1.54, 1.807) is 0 Å². The van der Waals surface area contributed by atoms with Crippen molar-refractivity contribution in [3.05, 3.63) is 21.7 Å². The third-order valence-electron chi connectivity index (χ3n) is 2.20. The van der Waals surface area contributed by atoms with Gasteiger partial charge in [0.25, 0.3) is 0 Å². The lowest BCUT2D eigenvalue weighted by atomic mass is 10.2. The van der Waals surface area contributed by atoms with E-state index in [1.807, 2.05) is 0 Å². The zero-order chi connectivity index (χ0) is 11.7. The van der Waals surface area contributed by atoms with Gasteiger partial charge < -0.3 is 14.6 Å². The lowest BCUT2D eigenvalue weighted by Gasteiger charge is -2.26. The van der Waals surface area contributed by atoms with Crippen LogP contribution in [0, 0.1) is 0 Å². The molecule has 0 spiro atoms. The molecule has 0 fully saturated rings. The molecule has 1 atom stereocenters. The van der Waals surface area contributed by atoms with Crippen LogP contribution in [0.5, 0.6) is 11.5 Å². The molecule has 2 rings (SSSR count). The van der Waals surface area contributed by atoms with Crippen LogP contribution >= 0.6 is 23.2 Å². The van der Waals surface area contributed by atoms with E-state index in [9.17, 15) is 4.79 Å². The molecular weight excluding hydrogens is 255 g/mol. The van der Waals surface area contributed by atoms with Gasteiger partial charge in [-0.05, 0) is 6.07 Å². The fraction of sp³-hybridized carbons (Fsp3) is 0.300. The molecule has 1 unspecified atom stereocenters. The number of ether oxygens (including phenoxy) is 2. The van der Waals surface area contributed by atoms with Gasteiger partial charge in [-0.3, -0.25) is 4.79 Å². The minimum Gasteiger partial charge on any atom is -0.486 e. The number of aldehydes is 1. The molecule has 0 bridgehead atoms. The summed E-state index contributed by atoms with van der Waals surface area (Å²) in [7, 11) is 0. The highest BCUT2D eigenvalue weighted by atomic mass is 35.5. The maximum atomic E-state index is 10.7. The van der Waals surface area contributed by atoms with Crippen molar-refractivity contribution < 1.29 is 19.4 Å². The van der Waals surface area contributed by atoms with E-state index in [0.29, 0.717) is 12.0 Å². The lowest BCUT2D eigenvalue weighted by molar-refractivity contribution is 0.0457. The normalized spacial score (nSPS) is 18.3. The molecule has 4 nitrogen and oxygen atoms in total. The van der Waals surface area contributed by atoms with Gasteiger partial charge >= 0.3 is 0 Å². The van der Waals surface area contributed by atoms with E-state index in [-0.39, 0.29) is 34.6 Å². The first-order chi connectivity index (χ1) is 7.67. The monoisotopic (exact) mass is 262 g/mol. The van der Waals surface area contributed by atoms with Gasteiger partial charge in [0.15, 0.2) is 23.9 Å². The van der Waals surface area contributed by atoms with Crippen molar-refractivity contribution in [1.82, 2.24) is 0 Å².